The second-order valence-corrected chi connectivity index (χ2v) is 5.73. The number of pyridine rings is 1. The molecule has 0 radical (unpaired) electrons. The smallest absolute Gasteiger partial charge is 0.265 e. The molecule has 4 aromatic rings. The summed E-state index contributed by atoms with van der Waals surface area (Å²) < 4.78 is 8.80. The molecule has 0 unspecified atom stereocenters. The van der Waals surface area contributed by atoms with E-state index in [2.05, 4.69) is 9.97 Å². The molecular formula is C18H16N4O2. The molecule has 0 aliphatic rings. The van der Waals surface area contributed by atoms with Crippen LogP contribution in [0.5, 0.6) is 5.75 Å². The molecule has 0 aliphatic carbocycles. The quantitative estimate of drug-likeness (QED) is 0.581. The van der Waals surface area contributed by atoms with E-state index in [1.807, 2.05) is 41.9 Å². The van der Waals surface area contributed by atoms with Crippen molar-refractivity contribution < 1.29 is 4.74 Å². The van der Waals surface area contributed by atoms with Crippen molar-refractivity contribution in [2.24, 2.45) is 0 Å². The van der Waals surface area contributed by atoms with Gasteiger partial charge < -0.3 is 9.14 Å². The van der Waals surface area contributed by atoms with Crippen LogP contribution in [0, 0.1) is 6.92 Å². The summed E-state index contributed by atoms with van der Waals surface area (Å²) in [4.78, 5) is 21.7. The first-order valence-corrected chi connectivity index (χ1v) is 7.62. The maximum absolute atomic E-state index is 12.8. The highest BCUT2D eigenvalue weighted by atomic mass is 16.5. The number of hydrogen-bond donors (Lipinski definition) is 0. The second-order valence-electron chi connectivity index (χ2n) is 5.73. The molecule has 0 N–H and O–H groups in total. The van der Waals surface area contributed by atoms with Crippen molar-refractivity contribution in [1.82, 2.24) is 18.9 Å². The molecule has 0 saturated heterocycles. The molecule has 0 spiro atoms. The van der Waals surface area contributed by atoms with Gasteiger partial charge in [-0.15, -0.1) is 0 Å². The standard InChI is InChI=1S/C18H16N4O2/c1-12-6-7-21-9-13(20-16(21)8-12)10-22-11-19-14-4-3-5-15(24-2)17(14)18(22)23/h3-9,11H,10H2,1-2H3. The second kappa shape index (κ2) is 5.49. The predicted molar refractivity (Wildman–Crippen MR) is 91.6 cm³/mol. The van der Waals surface area contributed by atoms with Crippen molar-refractivity contribution in [2.45, 2.75) is 13.5 Å². The lowest BCUT2D eigenvalue weighted by atomic mass is 10.2. The van der Waals surface area contributed by atoms with Gasteiger partial charge in [-0.1, -0.05) is 6.07 Å². The summed E-state index contributed by atoms with van der Waals surface area (Å²) in [6.07, 6.45) is 5.44. The number of hydrogen-bond acceptors (Lipinski definition) is 4. The van der Waals surface area contributed by atoms with Gasteiger partial charge in [-0.25, -0.2) is 9.97 Å². The zero-order valence-electron chi connectivity index (χ0n) is 13.4. The number of aryl methyl sites for hydroxylation is 1. The topological polar surface area (TPSA) is 61.4 Å². The first-order chi connectivity index (χ1) is 11.7. The first-order valence-electron chi connectivity index (χ1n) is 7.62. The monoisotopic (exact) mass is 320 g/mol. The Morgan fingerprint density at radius 1 is 1.25 bits per heavy atom. The maximum Gasteiger partial charge on any atom is 0.265 e. The zero-order valence-corrected chi connectivity index (χ0v) is 13.4. The Kier molecular flexibility index (Phi) is 3.30. The van der Waals surface area contributed by atoms with E-state index in [0.717, 1.165) is 16.9 Å². The SMILES string of the molecule is COc1cccc2ncn(Cc3cn4ccc(C)cc4n3)c(=O)c12. The highest BCUT2D eigenvalue weighted by molar-refractivity contribution is 5.83. The number of fused-ring (bicyclic) bond motifs is 2. The van der Waals surface area contributed by atoms with E-state index in [1.165, 1.54) is 0 Å². The third-order valence-corrected chi connectivity index (χ3v) is 4.03. The Bertz CT molecular complexity index is 1110. The third-order valence-electron chi connectivity index (χ3n) is 4.03. The van der Waals surface area contributed by atoms with Gasteiger partial charge in [-0.2, -0.15) is 0 Å². The van der Waals surface area contributed by atoms with Crippen molar-refractivity contribution >= 4 is 16.6 Å². The average molecular weight is 320 g/mol. The van der Waals surface area contributed by atoms with Gasteiger partial charge in [0.2, 0.25) is 0 Å². The van der Waals surface area contributed by atoms with Crippen LogP contribution in [-0.4, -0.2) is 26.0 Å². The molecule has 4 rings (SSSR count). The van der Waals surface area contributed by atoms with Crippen LogP contribution >= 0.6 is 0 Å². The molecule has 0 saturated carbocycles. The molecule has 0 aliphatic heterocycles. The Hall–Kier alpha value is -3.15. The number of nitrogens with zero attached hydrogens (tertiary/aromatic N) is 4. The van der Waals surface area contributed by atoms with E-state index in [4.69, 9.17) is 4.74 Å². The van der Waals surface area contributed by atoms with Gasteiger partial charge in [0.25, 0.3) is 5.56 Å². The van der Waals surface area contributed by atoms with Crippen LogP contribution in [0.2, 0.25) is 0 Å². The van der Waals surface area contributed by atoms with E-state index >= 15 is 0 Å². The molecule has 1 aromatic carbocycles. The minimum absolute atomic E-state index is 0.134. The van der Waals surface area contributed by atoms with Crippen LogP contribution in [0.4, 0.5) is 0 Å². The molecule has 120 valence electrons. The first kappa shape index (κ1) is 14.4. The average Bonchev–Trinajstić information content (AvgIpc) is 2.98. The fraction of sp³-hybridized carbons (Fsp3) is 0.167. The summed E-state index contributed by atoms with van der Waals surface area (Å²) in [5.41, 5.74) is 3.31. The third kappa shape index (κ3) is 2.32. The number of methoxy groups -OCH3 is 1. The van der Waals surface area contributed by atoms with Gasteiger partial charge in [0, 0.05) is 12.4 Å². The van der Waals surface area contributed by atoms with E-state index in [0.29, 0.717) is 23.2 Å². The Labute approximate surface area is 138 Å². The van der Waals surface area contributed by atoms with Crippen LogP contribution in [0.3, 0.4) is 0 Å². The molecule has 0 amide bonds. The number of aromatic nitrogens is 4. The largest absolute Gasteiger partial charge is 0.496 e. The van der Waals surface area contributed by atoms with Crippen LogP contribution < -0.4 is 10.3 Å². The van der Waals surface area contributed by atoms with Crippen LogP contribution in [-0.2, 0) is 6.54 Å². The molecule has 3 heterocycles. The van der Waals surface area contributed by atoms with Gasteiger partial charge in [0.15, 0.2) is 0 Å². The van der Waals surface area contributed by atoms with E-state index in [9.17, 15) is 4.79 Å². The number of ether oxygens (including phenoxy) is 1. The van der Waals surface area contributed by atoms with Crippen molar-refractivity contribution in [3.63, 3.8) is 0 Å². The summed E-state index contributed by atoms with van der Waals surface area (Å²) in [7, 11) is 1.55. The van der Waals surface area contributed by atoms with Gasteiger partial charge in [-0.05, 0) is 36.8 Å². The molecule has 0 fully saturated rings. The van der Waals surface area contributed by atoms with Crippen molar-refractivity contribution in [3.8, 4) is 5.75 Å². The molecule has 6 heteroatoms. The van der Waals surface area contributed by atoms with Gasteiger partial charge in [0.1, 0.15) is 16.8 Å². The summed E-state index contributed by atoms with van der Waals surface area (Å²) in [6, 6.07) is 9.42. The lowest BCUT2D eigenvalue weighted by molar-refractivity contribution is 0.419. The summed E-state index contributed by atoms with van der Waals surface area (Å²) in [6.45, 7) is 2.39. The molecule has 24 heavy (non-hydrogen) atoms. The van der Waals surface area contributed by atoms with Crippen LogP contribution in [0.15, 0.2) is 53.8 Å². The fourth-order valence-corrected chi connectivity index (χ4v) is 2.84. The number of imidazole rings is 1. The van der Waals surface area contributed by atoms with Crippen molar-refractivity contribution in [1.29, 1.82) is 0 Å². The number of benzene rings is 1. The fourth-order valence-electron chi connectivity index (χ4n) is 2.84. The molecule has 3 aromatic heterocycles. The highest BCUT2D eigenvalue weighted by Gasteiger charge is 2.11. The molecule has 6 nitrogen and oxygen atoms in total. The molecular weight excluding hydrogens is 304 g/mol. The van der Waals surface area contributed by atoms with Gasteiger partial charge in [0.05, 0.1) is 31.2 Å². The molecule has 0 bridgehead atoms. The van der Waals surface area contributed by atoms with Gasteiger partial charge >= 0.3 is 0 Å². The van der Waals surface area contributed by atoms with Crippen molar-refractivity contribution in [2.75, 3.05) is 7.11 Å². The lowest BCUT2D eigenvalue weighted by Gasteiger charge is -2.07. The minimum Gasteiger partial charge on any atom is -0.496 e. The number of rotatable bonds is 3. The normalized spacial score (nSPS) is 11.2. The summed E-state index contributed by atoms with van der Waals surface area (Å²) >= 11 is 0. The Balaban J connectivity index is 1.81. The van der Waals surface area contributed by atoms with E-state index < -0.39 is 0 Å². The van der Waals surface area contributed by atoms with Gasteiger partial charge in [-0.3, -0.25) is 9.36 Å². The summed E-state index contributed by atoms with van der Waals surface area (Å²) in [5.74, 6) is 0.532. The Morgan fingerprint density at radius 3 is 2.96 bits per heavy atom. The Morgan fingerprint density at radius 2 is 2.12 bits per heavy atom. The predicted octanol–water partition coefficient (Wildman–Crippen LogP) is 2.41. The van der Waals surface area contributed by atoms with Crippen LogP contribution in [0.1, 0.15) is 11.3 Å². The van der Waals surface area contributed by atoms with E-state index in [-0.39, 0.29) is 5.56 Å². The minimum atomic E-state index is -0.134. The molecule has 0 atom stereocenters. The van der Waals surface area contributed by atoms with E-state index in [1.54, 1.807) is 30.1 Å². The summed E-state index contributed by atoms with van der Waals surface area (Å²) in [5, 5.41) is 0.488. The van der Waals surface area contributed by atoms with Crippen molar-refractivity contribution in [3.05, 3.63) is 70.7 Å². The maximum atomic E-state index is 12.8. The zero-order chi connectivity index (χ0) is 16.7. The lowest BCUT2D eigenvalue weighted by Crippen LogP contribution is -2.21. The highest BCUT2D eigenvalue weighted by Crippen LogP contribution is 2.20. The van der Waals surface area contributed by atoms with Crippen LogP contribution in [0.25, 0.3) is 16.6 Å².